The molecule has 1 aliphatic heterocycles. The Labute approximate surface area is 202 Å². The Balaban J connectivity index is 1.37. The van der Waals surface area contributed by atoms with Gasteiger partial charge in [-0.25, -0.2) is 4.98 Å². The van der Waals surface area contributed by atoms with Crippen LogP contribution in [0.2, 0.25) is 0 Å². The number of anilines is 1. The fraction of sp³-hybridized carbons (Fsp3) is 0.346. The van der Waals surface area contributed by atoms with Gasteiger partial charge in [-0.05, 0) is 63.3 Å². The quantitative estimate of drug-likeness (QED) is 0.288. The van der Waals surface area contributed by atoms with Gasteiger partial charge in [0.15, 0.2) is 16.7 Å². The van der Waals surface area contributed by atoms with Gasteiger partial charge < -0.3 is 14.8 Å². The van der Waals surface area contributed by atoms with Gasteiger partial charge in [-0.3, -0.25) is 14.2 Å². The predicted octanol–water partition coefficient (Wildman–Crippen LogP) is 5.14. The molecule has 1 atom stereocenters. The van der Waals surface area contributed by atoms with E-state index >= 15 is 0 Å². The third-order valence-corrected chi connectivity index (χ3v) is 7.25. The third-order valence-electron chi connectivity index (χ3n) is 6.16. The number of carbonyl (C=O) groups excluding carboxylic acids is 1. The maximum Gasteiger partial charge on any atom is 0.262 e. The Kier molecular flexibility index (Phi) is 6.58. The van der Waals surface area contributed by atoms with Crippen LogP contribution in [0.1, 0.15) is 39.0 Å². The number of rotatable bonds is 7. The second kappa shape index (κ2) is 9.93. The van der Waals surface area contributed by atoms with Crippen molar-refractivity contribution in [2.75, 3.05) is 12.1 Å². The summed E-state index contributed by atoms with van der Waals surface area (Å²) >= 11 is 1.30. The number of allylic oxidation sites excluding steroid dienone is 2. The first-order valence-electron chi connectivity index (χ1n) is 11.6. The van der Waals surface area contributed by atoms with Crippen LogP contribution in [0.25, 0.3) is 10.9 Å². The molecule has 3 aromatic rings. The highest BCUT2D eigenvalue weighted by atomic mass is 32.2. The zero-order valence-corrected chi connectivity index (χ0v) is 19.9. The van der Waals surface area contributed by atoms with Crippen LogP contribution in [0, 0.1) is 0 Å². The number of nitrogens with one attached hydrogen (secondary N) is 1. The molecule has 5 rings (SSSR count). The van der Waals surface area contributed by atoms with E-state index in [-0.39, 0.29) is 18.3 Å². The lowest BCUT2D eigenvalue weighted by Gasteiger charge is -2.18. The van der Waals surface area contributed by atoms with Crippen LogP contribution in [-0.2, 0) is 11.3 Å². The van der Waals surface area contributed by atoms with Gasteiger partial charge in [0.05, 0.1) is 16.2 Å². The Morgan fingerprint density at radius 1 is 1.18 bits per heavy atom. The number of ether oxygens (including phenoxy) is 2. The molecule has 2 aliphatic rings. The molecule has 8 heteroatoms. The molecule has 2 heterocycles. The first kappa shape index (κ1) is 22.5. The van der Waals surface area contributed by atoms with Gasteiger partial charge >= 0.3 is 0 Å². The molecule has 1 amide bonds. The van der Waals surface area contributed by atoms with E-state index in [0.29, 0.717) is 39.8 Å². The van der Waals surface area contributed by atoms with Gasteiger partial charge in [0.2, 0.25) is 12.7 Å². The van der Waals surface area contributed by atoms with E-state index in [4.69, 9.17) is 14.5 Å². The summed E-state index contributed by atoms with van der Waals surface area (Å²) in [7, 11) is 0. The van der Waals surface area contributed by atoms with E-state index in [2.05, 4.69) is 11.4 Å². The van der Waals surface area contributed by atoms with Crippen molar-refractivity contribution < 1.29 is 14.3 Å². The van der Waals surface area contributed by atoms with Crippen LogP contribution >= 0.6 is 11.8 Å². The number of fused-ring (bicyclic) bond motifs is 2. The fourth-order valence-electron chi connectivity index (χ4n) is 4.25. The summed E-state index contributed by atoms with van der Waals surface area (Å²) in [4.78, 5) is 31.1. The summed E-state index contributed by atoms with van der Waals surface area (Å²) < 4.78 is 12.4. The van der Waals surface area contributed by atoms with Crippen molar-refractivity contribution in [1.82, 2.24) is 9.55 Å². The van der Waals surface area contributed by atoms with E-state index in [1.165, 1.54) is 30.2 Å². The van der Waals surface area contributed by atoms with Gasteiger partial charge in [-0.1, -0.05) is 35.5 Å². The summed E-state index contributed by atoms with van der Waals surface area (Å²) in [6.07, 6.45) is 7.77. The fourth-order valence-corrected chi connectivity index (χ4v) is 5.19. The molecule has 7 nitrogen and oxygen atoms in total. The monoisotopic (exact) mass is 477 g/mol. The maximum absolute atomic E-state index is 13.3. The molecule has 0 bridgehead atoms. The average molecular weight is 478 g/mol. The number of hydrogen-bond acceptors (Lipinski definition) is 6. The standard InChI is InChI=1S/C26H27N3O4S/c1-17(24(30)27-19-11-12-22-23(15-19)33-16-32-22)34-26-28-21-10-6-5-9-20(21)25(31)29(26)14-13-18-7-3-2-4-8-18/h5-7,9-12,15,17H,2-4,8,13-14,16H2,1H3,(H,27,30). The summed E-state index contributed by atoms with van der Waals surface area (Å²) in [6, 6.07) is 12.7. The molecule has 176 valence electrons. The maximum atomic E-state index is 13.3. The zero-order chi connectivity index (χ0) is 23.5. The number of hydrogen-bond donors (Lipinski definition) is 1. The molecule has 34 heavy (non-hydrogen) atoms. The molecular weight excluding hydrogens is 450 g/mol. The van der Waals surface area contributed by atoms with E-state index < -0.39 is 5.25 Å². The van der Waals surface area contributed by atoms with Crippen molar-refractivity contribution in [3.8, 4) is 11.5 Å². The van der Waals surface area contributed by atoms with Gasteiger partial charge in [-0.2, -0.15) is 0 Å². The van der Waals surface area contributed by atoms with Crippen molar-refractivity contribution in [1.29, 1.82) is 0 Å². The first-order chi connectivity index (χ1) is 16.6. The highest BCUT2D eigenvalue weighted by Gasteiger charge is 2.21. The van der Waals surface area contributed by atoms with Gasteiger partial charge in [-0.15, -0.1) is 0 Å². The molecule has 0 fully saturated rings. The topological polar surface area (TPSA) is 82.5 Å². The smallest absolute Gasteiger partial charge is 0.262 e. The van der Waals surface area contributed by atoms with Crippen molar-refractivity contribution in [3.05, 3.63) is 64.5 Å². The van der Waals surface area contributed by atoms with Crippen LogP contribution < -0.4 is 20.3 Å². The summed E-state index contributed by atoms with van der Waals surface area (Å²) in [5, 5.41) is 3.63. The zero-order valence-electron chi connectivity index (χ0n) is 19.1. The first-order valence-corrected chi connectivity index (χ1v) is 12.5. The lowest BCUT2D eigenvalue weighted by atomic mass is 9.97. The van der Waals surface area contributed by atoms with Gasteiger partial charge in [0.1, 0.15) is 0 Å². The molecule has 0 saturated heterocycles. The lowest BCUT2D eigenvalue weighted by molar-refractivity contribution is -0.115. The van der Waals surface area contributed by atoms with Crippen LogP contribution in [-0.4, -0.2) is 27.5 Å². The molecule has 2 aromatic carbocycles. The van der Waals surface area contributed by atoms with E-state index in [9.17, 15) is 9.59 Å². The van der Waals surface area contributed by atoms with Crippen molar-refractivity contribution in [2.24, 2.45) is 0 Å². The Morgan fingerprint density at radius 3 is 2.88 bits per heavy atom. The number of benzene rings is 2. The third kappa shape index (κ3) is 4.82. The van der Waals surface area contributed by atoms with Gasteiger partial charge in [0.25, 0.3) is 5.56 Å². The largest absolute Gasteiger partial charge is 0.454 e. The van der Waals surface area contributed by atoms with Crippen molar-refractivity contribution in [3.63, 3.8) is 0 Å². The predicted molar refractivity (Wildman–Crippen MR) is 134 cm³/mol. The van der Waals surface area contributed by atoms with E-state index in [0.717, 1.165) is 19.3 Å². The highest BCUT2D eigenvalue weighted by molar-refractivity contribution is 8.00. The molecule has 1 N–H and O–H groups in total. The van der Waals surface area contributed by atoms with Crippen molar-refractivity contribution in [2.45, 2.75) is 56.0 Å². The number of para-hydroxylation sites is 1. The summed E-state index contributed by atoms with van der Waals surface area (Å²) in [5.41, 5.74) is 2.62. The number of aromatic nitrogens is 2. The number of carbonyl (C=O) groups is 1. The average Bonchev–Trinajstić information content (AvgIpc) is 3.32. The lowest BCUT2D eigenvalue weighted by Crippen LogP contribution is -2.27. The molecule has 1 unspecified atom stereocenters. The minimum Gasteiger partial charge on any atom is -0.454 e. The molecule has 0 spiro atoms. The normalized spacial score (nSPS) is 15.7. The van der Waals surface area contributed by atoms with Crippen LogP contribution in [0.4, 0.5) is 5.69 Å². The number of thioether (sulfide) groups is 1. The summed E-state index contributed by atoms with van der Waals surface area (Å²) in [5.74, 6) is 1.10. The highest BCUT2D eigenvalue weighted by Crippen LogP contribution is 2.34. The minimum atomic E-state index is -0.460. The second-order valence-corrected chi connectivity index (χ2v) is 9.85. The molecule has 0 radical (unpaired) electrons. The SMILES string of the molecule is CC(Sc1nc2ccccc2c(=O)n1CCC1=CCCCC1)C(=O)Nc1ccc2c(c1)OCO2. The van der Waals surface area contributed by atoms with Gasteiger partial charge in [0, 0.05) is 18.3 Å². The molecule has 1 aliphatic carbocycles. The Morgan fingerprint density at radius 2 is 2.03 bits per heavy atom. The van der Waals surface area contributed by atoms with Crippen molar-refractivity contribution >= 4 is 34.3 Å². The molecule has 1 aromatic heterocycles. The van der Waals surface area contributed by atoms with E-state index in [1.807, 2.05) is 31.2 Å². The van der Waals surface area contributed by atoms with Crippen LogP contribution in [0.3, 0.4) is 0 Å². The Hall–Kier alpha value is -3.26. The summed E-state index contributed by atoms with van der Waals surface area (Å²) in [6.45, 7) is 2.56. The number of nitrogens with zero attached hydrogens (tertiary/aromatic N) is 2. The Bertz CT molecular complexity index is 1320. The molecule has 0 saturated carbocycles. The van der Waals surface area contributed by atoms with E-state index in [1.54, 1.807) is 22.8 Å². The second-order valence-electron chi connectivity index (χ2n) is 8.54. The van der Waals surface area contributed by atoms with Crippen LogP contribution in [0.5, 0.6) is 11.5 Å². The minimum absolute atomic E-state index is 0.0621. The van der Waals surface area contributed by atoms with Crippen LogP contribution in [0.15, 0.2) is 64.1 Å². The molecular formula is C26H27N3O4S. The number of amides is 1.